The first-order valence-corrected chi connectivity index (χ1v) is 8.65. The number of ether oxygens (including phenoxy) is 2. The number of hydrogen-bond acceptors (Lipinski definition) is 5. The van der Waals surface area contributed by atoms with E-state index in [9.17, 15) is 13.2 Å². The highest BCUT2D eigenvalue weighted by molar-refractivity contribution is 7.89. The molecule has 0 heterocycles. The molecular formula is C16H18N2O5S. The predicted molar refractivity (Wildman–Crippen MR) is 89.9 cm³/mol. The van der Waals surface area contributed by atoms with Crippen LogP contribution in [-0.4, -0.2) is 28.0 Å². The minimum absolute atomic E-state index is 0.0791. The normalized spacial score (nSPS) is 11.0. The van der Waals surface area contributed by atoms with Crippen LogP contribution in [0.15, 0.2) is 47.4 Å². The number of primary sulfonamides is 1. The molecule has 0 aliphatic carbocycles. The number of methoxy groups -OCH3 is 1. The third-order valence-corrected chi connectivity index (χ3v) is 4.06. The van der Waals surface area contributed by atoms with E-state index in [1.54, 1.807) is 24.3 Å². The molecule has 0 spiro atoms. The second-order valence-corrected chi connectivity index (χ2v) is 6.39. The summed E-state index contributed by atoms with van der Waals surface area (Å²) in [5.74, 6) is 0.554. The quantitative estimate of drug-likeness (QED) is 0.828. The van der Waals surface area contributed by atoms with Crippen LogP contribution in [-0.2, 0) is 10.0 Å². The number of amides is 1. The van der Waals surface area contributed by atoms with Crippen LogP contribution in [0, 0.1) is 0 Å². The lowest BCUT2D eigenvalue weighted by Crippen LogP contribution is -2.15. The summed E-state index contributed by atoms with van der Waals surface area (Å²) < 4.78 is 33.3. The first-order valence-electron chi connectivity index (χ1n) is 7.10. The van der Waals surface area contributed by atoms with Crippen molar-refractivity contribution in [3.63, 3.8) is 0 Å². The van der Waals surface area contributed by atoms with Gasteiger partial charge in [-0.2, -0.15) is 0 Å². The molecule has 3 N–H and O–H groups in total. The van der Waals surface area contributed by atoms with Crippen molar-refractivity contribution in [2.45, 2.75) is 11.8 Å². The second-order valence-electron chi connectivity index (χ2n) is 4.83. The van der Waals surface area contributed by atoms with Crippen molar-refractivity contribution in [1.29, 1.82) is 0 Å². The summed E-state index contributed by atoms with van der Waals surface area (Å²) in [6.45, 7) is 2.32. The van der Waals surface area contributed by atoms with E-state index in [4.69, 9.17) is 14.6 Å². The number of nitrogens with two attached hydrogens (primary N) is 1. The van der Waals surface area contributed by atoms with Gasteiger partial charge in [-0.1, -0.05) is 6.07 Å². The third kappa shape index (κ3) is 4.24. The van der Waals surface area contributed by atoms with Crippen molar-refractivity contribution in [3.8, 4) is 11.5 Å². The lowest BCUT2D eigenvalue weighted by atomic mass is 10.2. The van der Waals surface area contributed by atoms with Gasteiger partial charge < -0.3 is 14.8 Å². The fraction of sp³-hybridized carbons (Fsp3) is 0.188. The Kier molecular flexibility index (Phi) is 5.42. The van der Waals surface area contributed by atoms with Gasteiger partial charge in [-0.25, -0.2) is 13.6 Å². The van der Waals surface area contributed by atoms with Gasteiger partial charge in [0.15, 0.2) is 11.5 Å². The molecular weight excluding hydrogens is 332 g/mol. The molecule has 7 nitrogen and oxygen atoms in total. The lowest BCUT2D eigenvalue weighted by Gasteiger charge is -2.11. The van der Waals surface area contributed by atoms with Crippen LogP contribution in [0.4, 0.5) is 5.69 Å². The van der Waals surface area contributed by atoms with Crippen molar-refractivity contribution < 1.29 is 22.7 Å². The maximum atomic E-state index is 12.3. The third-order valence-electron chi connectivity index (χ3n) is 3.15. The van der Waals surface area contributed by atoms with Crippen LogP contribution in [0.25, 0.3) is 0 Å². The van der Waals surface area contributed by atoms with Crippen LogP contribution in [0.3, 0.4) is 0 Å². The maximum Gasteiger partial charge on any atom is 0.255 e. The van der Waals surface area contributed by atoms with Crippen molar-refractivity contribution in [3.05, 3.63) is 48.0 Å². The molecule has 2 aromatic rings. The van der Waals surface area contributed by atoms with E-state index in [1.165, 1.54) is 25.3 Å². The van der Waals surface area contributed by atoms with Gasteiger partial charge >= 0.3 is 0 Å². The number of carbonyl (C=O) groups excluding carboxylic acids is 1. The summed E-state index contributed by atoms with van der Waals surface area (Å²) in [7, 11) is -2.35. The van der Waals surface area contributed by atoms with Gasteiger partial charge in [0.2, 0.25) is 10.0 Å². The van der Waals surface area contributed by atoms with Crippen LogP contribution in [0.1, 0.15) is 17.3 Å². The fourth-order valence-corrected chi connectivity index (χ4v) is 2.60. The highest BCUT2D eigenvalue weighted by Gasteiger charge is 2.13. The van der Waals surface area contributed by atoms with E-state index in [0.29, 0.717) is 29.4 Å². The zero-order valence-corrected chi connectivity index (χ0v) is 14.1. The molecule has 0 aromatic heterocycles. The maximum absolute atomic E-state index is 12.3. The first-order chi connectivity index (χ1) is 11.3. The highest BCUT2D eigenvalue weighted by atomic mass is 32.2. The van der Waals surface area contributed by atoms with Gasteiger partial charge in [0.1, 0.15) is 0 Å². The first kappa shape index (κ1) is 17.8. The SMILES string of the molecule is CCOc1ccc(C(=O)Nc2cccc(S(N)(=O)=O)c2)cc1OC. The van der Waals surface area contributed by atoms with Gasteiger partial charge in [0.25, 0.3) is 5.91 Å². The summed E-state index contributed by atoms with van der Waals surface area (Å²) in [6.07, 6.45) is 0. The Bertz CT molecular complexity index is 849. The number of nitrogens with one attached hydrogen (secondary N) is 1. The molecule has 0 bridgehead atoms. The molecule has 0 radical (unpaired) electrons. The van der Waals surface area contributed by atoms with Gasteiger partial charge in [-0.05, 0) is 43.3 Å². The summed E-state index contributed by atoms with van der Waals surface area (Å²) in [5, 5.41) is 7.70. The summed E-state index contributed by atoms with van der Waals surface area (Å²) in [4.78, 5) is 12.2. The summed E-state index contributed by atoms with van der Waals surface area (Å²) in [6, 6.07) is 10.5. The Morgan fingerprint density at radius 3 is 2.54 bits per heavy atom. The number of rotatable bonds is 6. The molecule has 24 heavy (non-hydrogen) atoms. The molecule has 2 rings (SSSR count). The molecule has 0 unspecified atom stereocenters. The van der Waals surface area contributed by atoms with Crippen LogP contribution >= 0.6 is 0 Å². The molecule has 0 saturated heterocycles. The average molecular weight is 350 g/mol. The zero-order chi connectivity index (χ0) is 17.7. The molecule has 0 aliphatic heterocycles. The molecule has 0 atom stereocenters. The molecule has 128 valence electrons. The number of benzene rings is 2. The molecule has 2 aromatic carbocycles. The molecule has 0 aliphatic rings. The van der Waals surface area contributed by atoms with Crippen LogP contribution in [0.2, 0.25) is 0 Å². The Morgan fingerprint density at radius 2 is 1.92 bits per heavy atom. The van der Waals surface area contributed by atoms with E-state index in [2.05, 4.69) is 5.32 Å². The number of sulfonamides is 1. The zero-order valence-electron chi connectivity index (χ0n) is 13.3. The van der Waals surface area contributed by atoms with E-state index in [0.717, 1.165) is 0 Å². The Hall–Kier alpha value is -2.58. The van der Waals surface area contributed by atoms with Crippen molar-refractivity contribution in [2.75, 3.05) is 19.0 Å². The van der Waals surface area contributed by atoms with E-state index in [-0.39, 0.29) is 4.90 Å². The van der Waals surface area contributed by atoms with Gasteiger partial charge in [-0.3, -0.25) is 4.79 Å². The average Bonchev–Trinajstić information content (AvgIpc) is 2.55. The van der Waals surface area contributed by atoms with Gasteiger partial charge in [0, 0.05) is 11.3 Å². The van der Waals surface area contributed by atoms with E-state index < -0.39 is 15.9 Å². The van der Waals surface area contributed by atoms with Crippen molar-refractivity contribution in [1.82, 2.24) is 0 Å². The smallest absolute Gasteiger partial charge is 0.255 e. The van der Waals surface area contributed by atoms with Crippen LogP contribution < -0.4 is 19.9 Å². The minimum atomic E-state index is -3.84. The Labute approximate surface area is 140 Å². The molecule has 0 saturated carbocycles. The molecule has 1 amide bonds. The Morgan fingerprint density at radius 1 is 1.17 bits per heavy atom. The number of carbonyl (C=O) groups is 1. The van der Waals surface area contributed by atoms with E-state index in [1.807, 2.05) is 6.92 Å². The van der Waals surface area contributed by atoms with Crippen LogP contribution in [0.5, 0.6) is 11.5 Å². The van der Waals surface area contributed by atoms with Crippen molar-refractivity contribution in [2.24, 2.45) is 5.14 Å². The number of hydrogen-bond donors (Lipinski definition) is 2. The van der Waals surface area contributed by atoms with Gasteiger partial charge in [-0.15, -0.1) is 0 Å². The van der Waals surface area contributed by atoms with Crippen molar-refractivity contribution >= 4 is 21.6 Å². The highest BCUT2D eigenvalue weighted by Crippen LogP contribution is 2.28. The minimum Gasteiger partial charge on any atom is -0.493 e. The largest absolute Gasteiger partial charge is 0.493 e. The molecule has 8 heteroatoms. The monoisotopic (exact) mass is 350 g/mol. The fourth-order valence-electron chi connectivity index (χ4n) is 2.04. The molecule has 0 fully saturated rings. The topological polar surface area (TPSA) is 108 Å². The standard InChI is InChI=1S/C16H18N2O5S/c1-3-23-14-8-7-11(9-15(14)22-2)16(19)18-12-5-4-6-13(10-12)24(17,20)21/h4-10H,3H2,1-2H3,(H,18,19)(H2,17,20,21). The summed E-state index contributed by atoms with van der Waals surface area (Å²) >= 11 is 0. The predicted octanol–water partition coefficient (Wildman–Crippen LogP) is 1.99. The Balaban J connectivity index is 2.24. The van der Waals surface area contributed by atoms with Gasteiger partial charge in [0.05, 0.1) is 18.6 Å². The summed E-state index contributed by atoms with van der Waals surface area (Å²) in [5.41, 5.74) is 0.663. The lowest BCUT2D eigenvalue weighted by molar-refractivity contribution is 0.102. The van der Waals surface area contributed by atoms with E-state index >= 15 is 0 Å². The number of anilines is 1. The second kappa shape index (κ2) is 7.33.